The van der Waals surface area contributed by atoms with Gasteiger partial charge in [-0.15, -0.1) is 0 Å². The van der Waals surface area contributed by atoms with E-state index in [2.05, 4.69) is 10.6 Å². The Morgan fingerprint density at radius 2 is 2.00 bits per heavy atom. The third-order valence-corrected chi connectivity index (χ3v) is 2.48. The van der Waals surface area contributed by atoms with E-state index in [0.29, 0.717) is 6.54 Å². The van der Waals surface area contributed by atoms with Crippen molar-refractivity contribution in [2.45, 2.75) is 51.6 Å². The second kappa shape index (κ2) is 5.85. The van der Waals surface area contributed by atoms with Crippen molar-refractivity contribution in [3.63, 3.8) is 0 Å². The second-order valence-electron chi connectivity index (χ2n) is 4.01. The summed E-state index contributed by atoms with van der Waals surface area (Å²) in [6.45, 7) is 4.66. The van der Waals surface area contributed by atoms with Crippen molar-refractivity contribution in [1.82, 2.24) is 10.6 Å². The van der Waals surface area contributed by atoms with Crippen LogP contribution >= 0.6 is 0 Å². The van der Waals surface area contributed by atoms with Crippen LogP contribution in [0.25, 0.3) is 0 Å². The minimum Gasteiger partial charge on any atom is -0.347 e. The molecular formula is C11H20N2O2. The normalized spacial score (nSPS) is 17.2. The van der Waals surface area contributed by atoms with E-state index >= 15 is 0 Å². The lowest BCUT2D eigenvalue weighted by Gasteiger charge is -2.14. The van der Waals surface area contributed by atoms with Crippen molar-refractivity contribution in [3.05, 3.63) is 0 Å². The molecule has 4 nitrogen and oxygen atoms in total. The van der Waals surface area contributed by atoms with Gasteiger partial charge in [-0.1, -0.05) is 20.3 Å². The quantitative estimate of drug-likeness (QED) is 0.608. The topological polar surface area (TPSA) is 58.2 Å². The van der Waals surface area contributed by atoms with Crippen LogP contribution in [-0.4, -0.2) is 30.3 Å². The summed E-state index contributed by atoms with van der Waals surface area (Å²) >= 11 is 0. The monoisotopic (exact) mass is 212 g/mol. The van der Waals surface area contributed by atoms with Gasteiger partial charge in [-0.05, 0) is 25.8 Å². The minimum absolute atomic E-state index is 0.255. The molecule has 0 aromatic heterocycles. The molecule has 0 saturated heterocycles. The molecule has 0 bridgehead atoms. The molecule has 0 radical (unpaired) electrons. The molecule has 0 aromatic rings. The maximum Gasteiger partial charge on any atom is 0.289 e. The number of carbonyl (C=O) groups is 2. The number of ketones is 1. The highest BCUT2D eigenvalue weighted by Gasteiger charge is 2.29. The maximum absolute atomic E-state index is 11.7. The number of rotatable bonds is 7. The summed E-state index contributed by atoms with van der Waals surface area (Å²) in [5.74, 6) is -0.734. The fourth-order valence-electron chi connectivity index (χ4n) is 1.50. The van der Waals surface area contributed by atoms with Gasteiger partial charge in [0.05, 0.1) is 6.04 Å². The largest absolute Gasteiger partial charge is 0.347 e. The Balaban J connectivity index is 2.41. The Morgan fingerprint density at radius 1 is 1.33 bits per heavy atom. The average Bonchev–Trinajstić information content (AvgIpc) is 3.00. The molecule has 86 valence electrons. The van der Waals surface area contributed by atoms with Gasteiger partial charge in [-0.3, -0.25) is 9.59 Å². The van der Waals surface area contributed by atoms with Crippen LogP contribution in [-0.2, 0) is 9.59 Å². The van der Waals surface area contributed by atoms with Gasteiger partial charge in [0.15, 0.2) is 0 Å². The smallest absolute Gasteiger partial charge is 0.289 e. The molecule has 1 rings (SSSR count). The van der Waals surface area contributed by atoms with Crippen LogP contribution in [0.4, 0.5) is 0 Å². The number of amides is 1. The molecule has 1 fully saturated rings. The van der Waals surface area contributed by atoms with Gasteiger partial charge in [-0.2, -0.15) is 0 Å². The van der Waals surface area contributed by atoms with Crippen molar-refractivity contribution in [1.29, 1.82) is 0 Å². The fourth-order valence-corrected chi connectivity index (χ4v) is 1.50. The van der Waals surface area contributed by atoms with Gasteiger partial charge >= 0.3 is 0 Å². The Hall–Kier alpha value is -0.900. The number of nitrogens with one attached hydrogen (secondary N) is 2. The predicted octanol–water partition coefficient (Wildman–Crippen LogP) is 0.612. The molecule has 0 heterocycles. The van der Waals surface area contributed by atoms with Crippen molar-refractivity contribution in [3.8, 4) is 0 Å². The first kappa shape index (κ1) is 12.2. The summed E-state index contributed by atoms with van der Waals surface area (Å²) in [5, 5.41) is 5.77. The molecule has 0 aromatic carbocycles. The van der Waals surface area contributed by atoms with E-state index in [1.54, 1.807) is 0 Å². The van der Waals surface area contributed by atoms with Crippen molar-refractivity contribution in [2.75, 3.05) is 6.54 Å². The Bertz CT molecular complexity index is 231. The highest BCUT2D eigenvalue weighted by atomic mass is 16.2. The minimum atomic E-state index is -0.420. The van der Waals surface area contributed by atoms with E-state index in [0.717, 1.165) is 25.7 Å². The zero-order valence-corrected chi connectivity index (χ0v) is 9.51. The summed E-state index contributed by atoms with van der Waals surface area (Å²) in [4.78, 5) is 23.2. The van der Waals surface area contributed by atoms with Gasteiger partial charge in [0.1, 0.15) is 0 Å². The second-order valence-corrected chi connectivity index (χ2v) is 4.01. The van der Waals surface area contributed by atoms with Crippen LogP contribution in [0, 0.1) is 0 Å². The van der Waals surface area contributed by atoms with Gasteiger partial charge < -0.3 is 10.6 Å². The number of hydrogen-bond acceptors (Lipinski definition) is 3. The van der Waals surface area contributed by atoms with Gasteiger partial charge in [0.2, 0.25) is 5.78 Å². The average molecular weight is 212 g/mol. The molecule has 0 spiro atoms. The van der Waals surface area contributed by atoms with Gasteiger partial charge in [0, 0.05) is 6.04 Å². The van der Waals surface area contributed by atoms with Crippen LogP contribution < -0.4 is 10.6 Å². The van der Waals surface area contributed by atoms with E-state index in [1.165, 1.54) is 0 Å². The number of likely N-dealkylation sites (N-methyl/N-ethyl adjacent to an activating group) is 1. The predicted molar refractivity (Wildman–Crippen MR) is 58.5 cm³/mol. The van der Waals surface area contributed by atoms with Crippen LogP contribution in [0.2, 0.25) is 0 Å². The van der Waals surface area contributed by atoms with Gasteiger partial charge in [-0.25, -0.2) is 0 Å². The van der Waals surface area contributed by atoms with Crippen LogP contribution in [0.3, 0.4) is 0 Å². The summed E-state index contributed by atoms with van der Waals surface area (Å²) < 4.78 is 0. The summed E-state index contributed by atoms with van der Waals surface area (Å²) in [6.07, 6.45) is 3.65. The van der Waals surface area contributed by atoms with E-state index in [-0.39, 0.29) is 17.9 Å². The zero-order valence-electron chi connectivity index (χ0n) is 9.51. The molecular weight excluding hydrogens is 192 g/mol. The first-order valence-electron chi connectivity index (χ1n) is 5.77. The first-order valence-corrected chi connectivity index (χ1v) is 5.77. The Labute approximate surface area is 90.8 Å². The molecule has 1 saturated carbocycles. The van der Waals surface area contributed by atoms with Crippen molar-refractivity contribution < 1.29 is 9.59 Å². The standard InChI is InChI=1S/C11H20N2O2/c1-3-5-9(12-4-2)10(14)11(15)13-8-6-7-8/h8-9,12H,3-7H2,1-2H3,(H,13,15). The maximum atomic E-state index is 11.7. The molecule has 1 aliphatic rings. The van der Waals surface area contributed by atoms with Crippen LogP contribution in [0.5, 0.6) is 0 Å². The molecule has 1 atom stereocenters. The third-order valence-electron chi connectivity index (χ3n) is 2.48. The summed E-state index contributed by atoms with van der Waals surface area (Å²) in [7, 11) is 0. The Morgan fingerprint density at radius 3 is 2.47 bits per heavy atom. The lowest BCUT2D eigenvalue weighted by molar-refractivity contribution is -0.139. The van der Waals surface area contributed by atoms with Crippen molar-refractivity contribution >= 4 is 11.7 Å². The van der Waals surface area contributed by atoms with Gasteiger partial charge in [0.25, 0.3) is 5.91 Å². The molecule has 1 amide bonds. The highest BCUT2D eigenvalue weighted by molar-refractivity contribution is 6.38. The molecule has 15 heavy (non-hydrogen) atoms. The number of Topliss-reactive ketones (excluding diaryl/α,β-unsaturated/α-hetero) is 1. The third kappa shape index (κ3) is 4.00. The number of hydrogen-bond donors (Lipinski definition) is 2. The van der Waals surface area contributed by atoms with E-state index < -0.39 is 5.91 Å². The Kier molecular flexibility index (Phi) is 4.75. The molecule has 4 heteroatoms. The van der Waals surface area contributed by atoms with Crippen molar-refractivity contribution in [2.24, 2.45) is 0 Å². The zero-order chi connectivity index (χ0) is 11.3. The molecule has 2 N–H and O–H groups in total. The fraction of sp³-hybridized carbons (Fsp3) is 0.818. The van der Waals surface area contributed by atoms with E-state index in [4.69, 9.17) is 0 Å². The van der Waals surface area contributed by atoms with E-state index in [9.17, 15) is 9.59 Å². The summed E-state index contributed by atoms with van der Waals surface area (Å²) in [6, 6.07) is -0.0518. The molecule has 0 aliphatic heterocycles. The first-order chi connectivity index (χ1) is 7.19. The van der Waals surface area contributed by atoms with Crippen LogP contribution in [0.1, 0.15) is 39.5 Å². The highest BCUT2D eigenvalue weighted by Crippen LogP contribution is 2.18. The van der Waals surface area contributed by atoms with E-state index in [1.807, 2.05) is 13.8 Å². The lowest BCUT2D eigenvalue weighted by atomic mass is 10.1. The summed E-state index contributed by atoms with van der Waals surface area (Å²) in [5.41, 5.74) is 0. The number of carbonyl (C=O) groups excluding carboxylic acids is 2. The molecule has 1 aliphatic carbocycles. The van der Waals surface area contributed by atoms with Crippen LogP contribution in [0.15, 0.2) is 0 Å². The lowest BCUT2D eigenvalue weighted by Crippen LogP contribution is -2.45. The molecule has 1 unspecified atom stereocenters. The SMILES string of the molecule is CCCC(NCC)C(=O)C(=O)NC1CC1.